The molecule has 0 amide bonds. The highest BCUT2D eigenvalue weighted by Crippen LogP contribution is 2.15. The maximum Gasteiger partial charge on any atom is 0.119 e. The largest absolute Gasteiger partial charge is 0.497 e. The predicted molar refractivity (Wildman–Crippen MR) is 60.6 cm³/mol. The van der Waals surface area contributed by atoms with Crippen molar-refractivity contribution >= 4 is 12.2 Å². The molecule has 2 heteroatoms. The van der Waals surface area contributed by atoms with Crippen LogP contribution >= 0.6 is 0 Å². The highest BCUT2D eigenvalue weighted by molar-refractivity contribution is 5.69. The van der Waals surface area contributed by atoms with Crippen LogP contribution in [0.5, 0.6) is 5.75 Å². The van der Waals surface area contributed by atoms with Crippen molar-refractivity contribution in [3.05, 3.63) is 54.0 Å². The van der Waals surface area contributed by atoms with E-state index in [9.17, 15) is 0 Å². The Morgan fingerprint density at radius 3 is 2.73 bits per heavy atom. The van der Waals surface area contributed by atoms with Crippen LogP contribution in [0.3, 0.4) is 0 Å². The van der Waals surface area contributed by atoms with Gasteiger partial charge in [0.05, 0.1) is 19.6 Å². The molecule has 76 valence electrons. The Labute approximate surface area is 88.8 Å². The minimum Gasteiger partial charge on any atom is -0.497 e. The molecule has 15 heavy (non-hydrogen) atoms. The molecule has 2 nitrogen and oxygen atoms in total. The van der Waals surface area contributed by atoms with E-state index in [1.165, 1.54) is 0 Å². The number of methoxy groups -OCH3 is 1. The first-order valence-corrected chi connectivity index (χ1v) is 4.73. The number of furan rings is 1. The summed E-state index contributed by atoms with van der Waals surface area (Å²) in [5, 5.41) is 0. The van der Waals surface area contributed by atoms with E-state index in [1.54, 1.807) is 19.6 Å². The molecule has 1 aromatic carbocycles. The summed E-state index contributed by atoms with van der Waals surface area (Å²) >= 11 is 0. The van der Waals surface area contributed by atoms with Crippen LogP contribution in [0.25, 0.3) is 12.2 Å². The molecule has 0 fully saturated rings. The van der Waals surface area contributed by atoms with E-state index in [2.05, 4.69) is 0 Å². The van der Waals surface area contributed by atoms with Crippen molar-refractivity contribution in [1.29, 1.82) is 0 Å². The van der Waals surface area contributed by atoms with Crippen LogP contribution in [0, 0.1) is 0 Å². The Bertz CT molecular complexity index is 441. The fraction of sp³-hybridized carbons (Fsp3) is 0.0769. The molecule has 0 N–H and O–H groups in total. The lowest BCUT2D eigenvalue weighted by Gasteiger charge is -1.99. The summed E-state index contributed by atoms with van der Waals surface area (Å²) in [4.78, 5) is 0. The predicted octanol–water partition coefficient (Wildman–Crippen LogP) is 3.46. The number of ether oxygens (including phenoxy) is 1. The third-order valence-corrected chi connectivity index (χ3v) is 2.11. The van der Waals surface area contributed by atoms with Crippen molar-refractivity contribution in [3.8, 4) is 5.75 Å². The van der Waals surface area contributed by atoms with Gasteiger partial charge in [0, 0.05) is 5.56 Å². The summed E-state index contributed by atoms with van der Waals surface area (Å²) in [5.41, 5.74) is 2.16. The van der Waals surface area contributed by atoms with Gasteiger partial charge in [-0.25, -0.2) is 0 Å². The zero-order valence-electron chi connectivity index (χ0n) is 8.51. The van der Waals surface area contributed by atoms with Crippen LogP contribution in [-0.4, -0.2) is 7.11 Å². The standard InChI is InChI=1S/C13H12O2/c1-14-13-4-2-3-11(9-13)5-6-12-7-8-15-10-12/h2-10H,1H3/b6-5+. The molecule has 0 saturated carbocycles. The van der Waals surface area contributed by atoms with Gasteiger partial charge in [-0.1, -0.05) is 24.3 Å². The quantitative estimate of drug-likeness (QED) is 0.757. The van der Waals surface area contributed by atoms with Crippen molar-refractivity contribution in [1.82, 2.24) is 0 Å². The second kappa shape index (κ2) is 4.51. The van der Waals surface area contributed by atoms with Gasteiger partial charge in [0.25, 0.3) is 0 Å². The van der Waals surface area contributed by atoms with Crippen LogP contribution in [0.2, 0.25) is 0 Å². The number of hydrogen-bond acceptors (Lipinski definition) is 2. The molecule has 0 saturated heterocycles. The molecule has 0 atom stereocenters. The van der Waals surface area contributed by atoms with Gasteiger partial charge in [-0.15, -0.1) is 0 Å². The molecule has 0 aliphatic carbocycles. The van der Waals surface area contributed by atoms with Gasteiger partial charge in [-0.05, 0) is 23.8 Å². The van der Waals surface area contributed by atoms with Crippen LogP contribution in [0.4, 0.5) is 0 Å². The first-order chi connectivity index (χ1) is 7.38. The lowest BCUT2D eigenvalue weighted by atomic mass is 10.2. The van der Waals surface area contributed by atoms with Gasteiger partial charge in [0.2, 0.25) is 0 Å². The third kappa shape index (κ3) is 2.50. The summed E-state index contributed by atoms with van der Waals surface area (Å²) < 4.78 is 10.1. The highest BCUT2D eigenvalue weighted by atomic mass is 16.5. The van der Waals surface area contributed by atoms with Gasteiger partial charge in [-0.2, -0.15) is 0 Å². The molecule has 0 radical (unpaired) electrons. The van der Waals surface area contributed by atoms with Gasteiger partial charge >= 0.3 is 0 Å². The van der Waals surface area contributed by atoms with E-state index in [4.69, 9.17) is 9.15 Å². The summed E-state index contributed by atoms with van der Waals surface area (Å²) in [5.74, 6) is 0.865. The SMILES string of the molecule is COc1cccc(/C=C/c2ccoc2)c1. The Balaban J connectivity index is 2.17. The molecule has 1 aromatic heterocycles. The Kier molecular flexibility index (Phi) is 2.88. The third-order valence-electron chi connectivity index (χ3n) is 2.11. The van der Waals surface area contributed by atoms with Crippen LogP contribution in [0.15, 0.2) is 47.3 Å². The maximum absolute atomic E-state index is 5.14. The molecule has 0 aliphatic heterocycles. The number of benzene rings is 1. The fourth-order valence-electron chi connectivity index (χ4n) is 1.31. The van der Waals surface area contributed by atoms with Crippen LogP contribution in [-0.2, 0) is 0 Å². The first-order valence-electron chi connectivity index (χ1n) is 4.73. The van der Waals surface area contributed by atoms with Gasteiger partial charge in [0.15, 0.2) is 0 Å². The summed E-state index contributed by atoms with van der Waals surface area (Å²) in [7, 11) is 1.67. The summed E-state index contributed by atoms with van der Waals surface area (Å²) in [6.45, 7) is 0. The maximum atomic E-state index is 5.14. The van der Waals surface area contributed by atoms with Crippen LogP contribution in [0.1, 0.15) is 11.1 Å². The molecule has 1 heterocycles. The minimum absolute atomic E-state index is 0.865. The van der Waals surface area contributed by atoms with Gasteiger partial charge < -0.3 is 9.15 Å². The summed E-state index contributed by atoms with van der Waals surface area (Å²) in [6.07, 6.45) is 7.38. The Morgan fingerprint density at radius 2 is 2.00 bits per heavy atom. The molecular formula is C13H12O2. The zero-order chi connectivity index (χ0) is 10.5. The average Bonchev–Trinajstić information content (AvgIpc) is 2.79. The van der Waals surface area contributed by atoms with E-state index in [1.807, 2.05) is 42.5 Å². The van der Waals surface area contributed by atoms with Crippen molar-refractivity contribution in [2.75, 3.05) is 7.11 Å². The average molecular weight is 200 g/mol. The molecule has 2 rings (SSSR count). The lowest BCUT2D eigenvalue weighted by Crippen LogP contribution is -1.81. The smallest absolute Gasteiger partial charge is 0.119 e. The molecule has 0 bridgehead atoms. The molecule has 0 unspecified atom stereocenters. The highest BCUT2D eigenvalue weighted by Gasteiger charge is 1.92. The van der Waals surface area contributed by atoms with Crippen LogP contribution < -0.4 is 4.74 Å². The van der Waals surface area contributed by atoms with E-state index in [-0.39, 0.29) is 0 Å². The van der Waals surface area contributed by atoms with Crippen molar-refractivity contribution in [2.24, 2.45) is 0 Å². The van der Waals surface area contributed by atoms with Crippen molar-refractivity contribution in [2.45, 2.75) is 0 Å². The molecule has 0 spiro atoms. The summed E-state index contributed by atoms with van der Waals surface area (Å²) in [6, 6.07) is 9.81. The molecule has 2 aromatic rings. The minimum atomic E-state index is 0.865. The second-order valence-electron chi connectivity index (χ2n) is 3.17. The van der Waals surface area contributed by atoms with Gasteiger partial charge in [0.1, 0.15) is 5.75 Å². The molecular weight excluding hydrogens is 188 g/mol. The number of rotatable bonds is 3. The Hall–Kier alpha value is -1.96. The van der Waals surface area contributed by atoms with Gasteiger partial charge in [-0.3, -0.25) is 0 Å². The lowest BCUT2D eigenvalue weighted by molar-refractivity contribution is 0.414. The zero-order valence-corrected chi connectivity index (χ0v) is 8.51. The second-order valence-corrected chi connectivity index (χ2v) is 3.17. The van der Waals surface area contributed by atoms with E-state index in [0.29, 0.717) is 0 Å². The monoisotopic (exact) mass is 200 g/mol. The number of hydrogen-bond donors (Lipinski definition) is 0. The normalized spacial score (nSPS) is 10.7. The van der Waals surface area contributed by atoms with E-state index < -0.39 is 0 Å². The molecule has 0 aliphatic rings. The topological polar surface area (TPSA) is 22.4 Å². The van der Waals surface area contributed by atoms with E-state index in [0.717, 1.165) is 16.9 Å². The Morgan fingerprint density at radius 1 is 1.13 bits per heavy atom. The fourth-order valence-corrected chi connectivity index (χ4v) is 1.31. The first kappa shape index (κ1) is 9.59. The van der Waals surface area contributed by atoms with Crippen molar-refractivity contribution in [3.63, 3.8) is 0 Å². The van der Waals surface area contributed by atoms with Crippen molar-refractivity contribution < 1.29 is 9.15 Å². The van der Waals surface area contributed by atoms with E-state index >= 15 is 0 Å².